The lowest BCUT2D eigenvalue weighted by molar-refractivity contribution is -0.113. The molecule has 0 aliphatic rings. The minimum atomic E-state index is -0.107. The fourth-order valence-electron chi connectivity index (χ4n) is 2.32. The second kappa shape index (κ2) is 9.96. The Balaban J connectivity index is 1.49. The fourth-order valence-corrected chi connectivity index (χ4v) is 3.11. The van der Waals surface area contributed by atoms with Crippen LogP contribution in [0.4, 0.5) is 11.5 Å². The van der Waals surface area contributed by atoms with Crippen molar-refractivity contribution in [2.24, 2.45) is 0 Å². The number of anilines is 2. The quantitative estimate of drug-likeness (QED) is 0.418. The number of hydrogen-bond donors (Lipinski definition) is 2. The highest BCUT2D eigenvalue weighted by atomic mass is 35.5. The molecule has 0 aliphatic heterocycles. The second-order valence-electron chi connectivity index (χ2n) is 5.79. The van der Waals surface area contributed by atoms with Crippen LogP contribution in [0.25, 0.3) is 0 Å². The smallest absolute Gasteiger partial charge is 0.234 e. The molecule has 2 N–H and O–H groups in total. The summed E-state index contributed by atoms with van der Waals surface area (Å²) in [6.45, 7) is 0.621. The second-order valence-corrected chi connectivity index (χ2v) is 7.22. The van der Waals surface area contributed by atoms with Gasteiger partial charge in [-0.3, -0.25) is 4.79 Å². The van der Waals surface area contributed by atoms with E-state index in [-0.39, 0.29) is 11.7 Å². The standard InChI is InChI=1S/C20H19ClN4O2S/c1-27-17-8-6-16(7-9-17)25-19(26)12-28-20-10-18(23-13-24-20)22-11-14-2-4-15(21)5-3-14/h2-10,13H,11-12H2,1H3,(H,25,26)(H,22,23,24). The number of methoxy groups -OCH3 is 1. The van der Waals surface area contributed by atoms with E-state index in [1.807, 2.05) is 30.3 Å². The Morgan fingerprint density at radius 1 is 1.11 bits per heavy atom. The van der Waals surface area contributed by atoms with Gasteiger partial charge in [0.05, 0.1) is 12.9 Å². The molecule has 8 heteroatoms. The van der Waals surface area contributed by atoms with Crippen molar-refractivity contribution in [1.29, 1.82) is 0 Å². The van der Waals surface area contributed by atoms with Crippen LogP contribution in [0.3, 0.4) is 0 Å². The lowest BCUT2D eigenvalue weighted by Crippen LogP contribution is -2.14. The van der Waals surface area contributed by atoms with Crippen molar-refractivity contribution < 1.29 is 9.53 Å². The molecule has 6 nitrogen and oxygen atoms in total. The van der Waals surface area contributed by atoms with Gasteiger partial charge in [0.25, 0.3) is 0 Å². The summed E-state index contributed by atoms with van der Waals surface area (Å²) >= 11 is 7.24. The van der Waals surface area contributed by atoms with Crippen LogP contribution in [0.1, 0.15) is 5.56 Å². The molecule has 0 spiro atoms. The molecule has 0 fully saturated rings. The molecule has 1 heterocycles. The molecule has 144 valence electrons. The first kappa shape index (κ1) is 20.0. The van der Waals surface area contributed by atoms with Gasteiger partial charge in [-0.15, -0.1) is 0 Å². The topological polar surface area (TPSA) is 76.1 Å². The van der Waals surface area contributed by atoms with Gasteiger partial charge in [0, 0.05) is 23.3 Å². The van der Waals surface area contributed by atoms with E-state index in [2.05, 4.69) is 20.6 Å². The molecule has 2 aromatic carbocycles. The van der Waals surface area contributed by atoms with Crippen molar-refractivity contribution >= 4 is 40.8 Å². The van der Waals surface area contributed by atoms with Crippen molar-refractivity contribution in [3.05, 3.63) is 71.5 Å². The van der Waals surface area contributed by atoms with Crippen LogP contribution in [0.5, 0.6) is 5.75 Å². The van der Waals surface area contributed by atoms with Crippen molar-refractivity contribution in [3.63, 3.8) is 0 Å². The van der Waals surface area contributed by atoms with Crippen LogP contribution >= 0.6 is 23.4 Å². The van der Waals surface area contributed by atoms with E-state index in [1.54, 1.807) is 31.4 Å². The summed E-state index contributed by atoms with van der Waals surface area (Å²) in [7, 11) is 1.60. The Hall–Kier alpha value is -2.77. The Labute approximate surface area is 172 Å². The number of aromatic nitrogens is 2. The number of halogens is 1. The van der Waals surface area contributed by atoms with Gasteiger partial charge in [0.1, 0.15) is 22.9 Å². The zero-order valence-corrected chi connectivity index (χ0v) is 16.8. The molecule has 3 rings (SSSR count). The molecule has 28 heavy (non-hydrogen) atoms. The summed E-state index contributed by atoms with van der Waals surface area (Å²) in [6.07, 6.45) is 1.48. The van der Waals surface area contributed by atoms with Gasteiger partial charge >= 0.3 is 0 Å². The molecule has 0 aliphatic carbocycles. The van der Waals surface area contributed by atoms with E-state index >= 15 is 0 Å². The minimum absolute atomic E-state index is 0.107. The number of amides is 1. The monoisotopic (exact) mass is 414 g/mol. The predicted molar refractivity (Wildman–Crippen MR) is 113 cm³/mol. The average molecular weight is 415 g/mol. The number of ether oxygens (including phenoxy) is 1. The third-order valence-corrected chi connectivity index (χ3v) is 4.93. The van der Waals surface area contributed by atoms with Crippen molar-refractivity contribution in [2.45, 2.75) is 11.6 Å². The molecule has 1 aromatic heterocycles. The number of hydrogen-bond acceptors (Lipinski definition) is 6. The number of rotatable bonds is 8. The highest BCUT2D eigenvalue weighted by Gasteiger charge is 2.06. The van der Waals surface area contributed by atoms with Crippen molar-refractivity contribution in [2.75, 3.05) is 23.5 Å². The van der Waals surface area contributed by atoms with Gasteiger partial charge in [-0.05, 0) is 42.0 Å². The Morgan fingerprint density at radius 3 is 2.57 bits per heavy atom. The van der Waals surface area contributed by atoms with E-state index in [1.165, 1.54) is 18.1 Å². The summed E-state index contributed by atoms with van der Waals surface area (Å²) in [4.78, 5) is 20.5. The lowest BCUT2D eigenvalue weighted by Gasteiger charge is -2.08. The average Bonchev–Trinajstić information content (AvgIpc) is 2.73. The van der Waals surface area contributed by atoms with Crippen molar-refractivity contribution in [1.82, 2.24) is 9.97 Å². The zero-order chi connectivity index (χ0) is 19.8. The summed E-state index contributed by atoms with van der Waals surface area (Å²) in [5, 5.41) is 7.51. The Kier molecular flexibility index (Phi) is 7.11. The third kappa shape index (κ3) is 6.14. The SMILES string of the molecule is COc1ccc(NC(=O)CSc2cc(NCc3ccc(Cl)cc3)ncn2)cc1. The van der Waals surface area contributed by atoms with Gasteiger partial charge in [0.15, 0.2) is 0 Å². The first-order chi connectivity index (χ1) is 13.6. The number of nitrogens with one attached hydrogen (secondary N) is 2. The maximum absolute atomic E-state index is 12.1. The van der Waals surface area contributed by atoms with Gasteiger partial charge < -0.3 is 15.4 Å². The number of benzene rings is 2. The lowest BCUT2D eigenvalue weighted by atomic mass is 10.2. The van der Waals surface area contributed by atoms with Crippen LogP contribution in [0.2, 0.25) is 5.02 Å². The molecule has 0 atom stereocenters. The number of thioether (sulfide) groups is 1. The largest absolute Gasteiger partial charge is 0.497 e. The summed E-state index contributed by atoms with van der Waals surface area (Å²) in [5.74, 6) is 1.58. The number of carbonyl (C=O) groups excluding carboxylic acids is 1. The normalized spacial score (nSPS) is 10.4. The molecule has 0 bridgehead atoms. The molecule has 1 amide bonds. The van der Waals surface area contributed by atoms with Gasteiger partial charge in [-0.1, -0.05) is 35.5 Å². The highest BCUT2D eigenvalue weighted by molar-refractivity contribution is 7.99. The van der Waals surface area contributed by atoms with Crippen LogP contribution in [-0.4, -0.2) is 28.7 Å². The maximum atomic E-state index is 12.1. The predicted octanol–water partition coefficient (Wildman–Crippen LogP) is 4.48. The first-order valence-electron chi connectivity index (χ1n) is 8.49. The summed E-state index contributed by atoms with van der Waals surface area (Å²) in [6, 6.07) is 16.6. The van der Waals surface area contributed by atoms with E-state index in [9.17, 15) is 4.79 Å². The number of nitrogens with zero attached hydrogens (tertiary/aromatic N) is 2. The number of carbonyl (C=O) groups is 1. The van der Waals surface area contributed by atoms with E-state index in [0.717, 1.165) is 22.0 Å². The molecule has 3 aromatic rings. The molecule has 0 saturated heterocycles. The molecule has 0 radical (unpaired) electrons. The Bertz CT molecular complexity index is 920. The van der Waals surface area contributed by atoms with Crippen LogP contribution in [-0.2, 0) is 11.3 Å². The van der Waals surface area contributed by atoms with Crippen LogP contribution < -0.4 is 15.4 Å². The van der Waals surface area contributed by atoms with E-state index < -0.39 is 0 Å². The highest BCUT2D eigenvalue weighted by Crippen LogP contribution is 2.19. The van der Waals surface area contributed by atoms with E-state index in [4.69, 9.17) is 16.3 Å². The maximum Gasteiger partial charge on any atom is 0.234 e. The van der Waals surface area contributed by atoms with Gasteiger partial charge in [0.2, 0.25) is 5.91 Å². The van der Waals surface area contributed by atoms with E-state index in [0.29, 0.717) is 17.4 Å². The fraction of sp³-hybridized carbons (Fsp3) is 0.150. The van der Waals surface area contributed by atoms with Crippen LogP contribution in [0, 0.1) is 0 Å². The summed E-state index contributed by atoms with van der Waals surface area (Å²) < 4.78 is 5.10. The zero-order valence-electron chi connectivity index (χ0n) is 15.2. The van der Waals surface area contributed by atoms with Crippen molar-refractivity contribution in [3.8, 4) is 5.75 Å². The van der Waals surface area contributed by atoms with Crippen LogP contribution in [0.15, 0.2) is 66.0 Å². The van der Waals surface area contributed by atoms with Gasteiger partial charge in [-0.25, -0.2) is 9.97 Å². The summed E-state index contributed by atoms with van der Waals surface area (Å²) in [5.41, 5.74) is 1.82. The van der Waals surface area contributed by atoms with Gasteiger partial charge in [-0.2, -0.15) is 0 Å². The third-order valence-electron chi connectivity index (χ3n) is 3.75. The Morgan fingerprint density at radius 2 is 1.86 bits per heavy atom. The molecule has 0 unspecified atom stereocenters. The molecular weight excluding hydrogens is 396 g/mol. The molecular formula is C20H19ClN4O2S. The minimum Gasteiger partial charge on any atom is -0.497 e. The first-order valence-corrected chi connectivity index (χ1v) is 9.86. The molecule has 0 saturated carbocycles.